The number of hydrogen-bond acceptors (Lipinski definition) is 2. The summed E-state index contributed by atoms with van der Waals surface area (Å²) in [4.78, 5) is 0. The Morgan fingerprint density at radius 1 is 0.431 bits per heavy atom. The van der Waals surface area contributed by atoms with Gasteiger partial charge in [0.05, 0.1) is 23.3 Å². The molecule has 0 bridgehead atoms. The highest BCUT2D eigenvalue weighted by molar-refractivity contribution is 5.33. The first-order valence-electron chi connectivity index (χ1n) is 20.2. The van der Waals surface area contributed by atoms with Gasteiger partial charge in [0.15, 0.2) is 0 Å². The van der Waals surface area contributed by atoms with E-state index in [1.54, 1.807) is 11.1 Å². The minimum Gasteiger partial charge on any atom is -0.192 e. The maximum Gasteiger partial charge on any atom is 0.0991 e. The molecule has 2 fully saturated rings. The SMILES string of the molecule is CCCCc1ccc(C2CCC(CCc3ccc(C#N)cc3)CC2)cc1.CCCc1ccc(C2CCC(CCc3ccc(C#N)cc3)CC2)cc1. The Balaban J connectivity index is 0.000000198. The normalized spacial score (nSPS) is 20.0. The van der Waals surface area contributed by atoms with Gasteiger partial charge in [-0.25, -0.2) is 0 Å². The van der Waals surface area contributed by atoms with E-state index in [-0.39, 0.29) is 0 Å². The first-order valence-corrected chi connectivity index (χ1v) is 20.2. The van der Waals surface area contributed by atoms with Crippen molar-refractivity contribution < 1.29 is 0 Å². The van der Waals surface area contributed by atoms with E-state index in [2.05, 4.69) is 98.8 Å². The minimum atomic E-state index is 0.759. The van der Waals surface area contributed by atoms with Crippen LogP contribution in [-0.2, 0) is 25.7 Å². The highest BCUT2D eigenvalue weighted by Gasteiger charge is 2.23. The smallest absolute Gasteiger partial charge is 0.0991 e. The highest BCUT2D eigenvalue weighted by Crippen LogP contribution is 2.39. The van der Waals surface area contributed by atoms with E-state index in [1.807, 2.05) is 24.3 Å². The summed E-state index contributed by atoms with van der Waals surface area (Å²) in [6, 6.07) is 39.5. The third kappa shape index (κ3) is 12.3. The Hall–Kier alpha value is -4.14. The Bertz CT molecular complexity index is 1640. The largest absolute Gasteiger partial charge is 0.192 e. The zero-order valence-corrected chi connectivity index (χ0v) is 31.5. The van der Waals surface area contributed by atoms with E-state index in [0.29, 0.717) is 0 Å². The molecule has 0 aromatic heterocycles. The zero-order valence-electron chi connectivity index (χ0n) is 31.5. The number of nitriles is 2. The maximum atomic E-state index is 8.88. The minimum absolute atomic E-state index is 0.759. The van der Waals surface area contributed by atoms with Gasteiger partial charge in [0.25, 0.3) is 0 Å². The van der Waals surface area contributed by atoms with E-state index in [0.717, 1.165) is 47.6 Å². The predicted molar refractivity (Wildman–Crippen MR) is 214 cm³/mol. The summed E-state index contributed by atoms with van der Waals surface area (Å²) >= 11 is 0. The van der Waals surface area contributed by atoms with Crippen LogP contribution in [-0.4, -0.2) is 0 Å². The average molecular weight is 677 g/mol. The second-order valence-corrected chi connectivity index (χ2v) is 15.5. The molecule has 0 aliphatic heterocycles. The van der Waals surface area contributed by atoms with Crippen LogP contribution in [0.25, 0.3) is 0 Å². The van der Waals surface area contributed by atoms with Crippen LogP contribution in [0.4, 0.5) is 0 Å². The number of benzene rings is 4. The molecule has 0 amide bonds. The molecule has 2 heteroatoms. The number of hydrogen-bond donors (Lipinski definition) is 0. The van der Waals surface area contributed by atoms with Crippen molar-refractivity contribution in [1.29, 1.82) is 10.5 Å². The fourth-order valence-electron chi connectivity index (χ4n) is 8.38. The number of rotatable bonds is 13. The van der Waals surface area contributed by atoms with Crippen molar-refractivity contribution in [2.45, 2.75) is 135 Å². The molecule has 0 saturated heterocycles. The summed E-state index contributed by atoms with van der Waals surface area (Å²) in [5.41, 5.74) is 10.3. The third-order valence-electron chi connectivity index (χ3n) is 11.8. The van der Waals surface area contributed by atoms with Crippen LogP contribution >= 0.6 is 0 Å². The fourth-order valence-corrected chi connectivity index (χ4v) is 8.38. The summed E-state index contributed by atoms with van der Waals surface area (Å²) in [5.74, 6) is 3.26. The van der Waals surface area contributed by atoms with Gasteiger partial charge >= 0.3 is 0 Å². The van der Waals surface area contributed by atoms with Crippen LogP contribution in [0.3, 0.4) is 0 Å². The second-order valence-electron chi connectivity index (χ2n) is 15.5. The molecule has 0 N–H and O–H groups in total. The Labute approximate surface area is 310 Å². The molecule has 6 rings (SSSR count). The predicted octanol–water partition coefficient (Wildman–Crippen LogP) is 13.2. The molecule has 2 aliphatic rings. The average Bonchev–Trinajstić information content (AvgIpc) is 3.20. The molecule has 0 spiro atoms. The van der Waals surface area contributed by atoms with Crippen molar-refractivity contribution in [1.82, 2.24) is 0 Å². The standard InChI is InChI=1S/C25H31N.C24H29N/c1-2-3-4-20-11-15-24(16-12-20)25-17-13-22(14-18-25)6-5-21-7-9-23(19-26)10-8-21;1-2-3-19-10-14-23(15-11-19)24-16-12-21(13-17-24)5-4-20-6-8-22(18-25)9-7-20/h7-12,15-16,22,25H,2-6,13-14,17-18H2,1H3;6-11,14-15,21,24H,2-5,12-13,16-17H2,1H3. The molecular formula is C49H60N2. The van der Waals surface area contributed by atoms with Gasteiger partial charge < -0.3 is 0 Å². The quantitative estimate of drug-likeness (QED) is 0.141. The van der Waals surface area contributed by atoms with Gasteiger partial charge in [-0.05, 0) is 178 Å². The van der Waals surface area contributed by atoms with Crippen molar-refractivity contribution in [2.75, 3.05) is 0 Å². The zero-order chi connectivity index (χ0) is 35.7. The van der Waals surface area contributed by atoms with Crippen LogP contribution in [0.1, 0.15) is 154 Å². The van der Waals surface area contributed by atoms with Crippen molar-refractivity contribution in [3.63, 3.8) is 0 Å². The van der Waals surface area contributed by atoms with E-state index in [4.69, 9.17) is 10.5 Å². The van der Waals surface area contributed by atoms with E-state index >= 15 is 0 Å². The molecule has 51 heavy (non-hydrogen) atoms. The monoisotopic (exact) mass is 676 g/mol. The molecule has 2 nitrogen and oxygen atoms in total. The number of aryl methyl sites for hydroxylation is 4. The maximum absolute atomic E-state index is 8.88. The van der Waals surface area contributed by atoms with Crippen LogP contribution < -0.4 is 0 Å². The van der Waals surface area contributed by atoms with Gasteiger partial charge in [-0.15, -0.1) is 0 Å². The van der Waals surface area contributed by atoms with Crippen LogP contribution in [0.5, 0.6) is 0 Å². The number of nitrogens with zero attached hydrogens (tertiary/aromatic N) is 2. The first-order chi connectivity index (χ1) is 25.1. The van der Waals surface area contributed by atoms with E-state index < -0.39 is 0 Å². The van der Waals surface area contributed by atoms with Gasteiger partial charge in [0.2, 0.25) is 0 Å². The fraction of sp³-hybridized carbons (Fsp3) is 0.469. The molecule has 2 saturated carbocycles. The Morgan fingerprint density at radius 3 is 1.14 bits per heavy atom. The summed E-state index contributed by atoms with van der Waals surface area (Å²) in [6.45, 7) is 4.50. The Morgan fingerprint density at radius 2 is 0.784 bits per heavy atom. The van der Waals surface area contributed by atoms with Gasteiger partial charge in [0, 0.05) is 0 Å². The molecule has 2 aliphatic carbocycles. The van der Waals surface area contributed by atoms with Crippen molar-refractivity contribution in [3.8, 4) is 12.1 Å². The van der Waals surface area contributed by atoms with Gasteiger partial charge in [-0.3, -0.25) is 0 Å². The van der Waals surface area contributed by atoms with Crippen LogP contribution in [0.15, 0.2) is 97.1 Å². The lowest BCUT2D eigenvalue weighted by Crippen LogP contribution is -2.14. The summed E-state index contributed by atoms with van der Waals surface area (Å²) in [5, 5.41) is 17.8. The van der Waals surface area contributed by atoms with Crippen molar-refractivity contribution in [2.24, 2.45) is 11.8 Å². The summed E-state index contributed by atoms with van der Waals surface area (Å²) in [7, 11) is 0. The molecule has 4 aromatic carbocycles. The van der Waals surface area contributed by atoms with Crippen LogP contribution in [0, 0.1) is 34.5 Å². The van der Waals surface area contributed by atoms with E-state index in [9.17, 15) is 0 Å². The number of unbranched alkanes of at least 4 members (excludes halogenated alkanes) is 1. The summed E-state index contributed by atoms with van der Waals surface area (Å²) < 4.78 is 0. The van der Waals surface area contributed by atoms with Crippen molar-refractivity contribution >= 4 is 0 Å². The molecule has 0 atom stereocenters. The highest BCUT2D eigenvalue weighted by atomic mass is 14.3. The Kier molecular flexibility index (Phi) is 15.4. The molecule has 0 unspecified atom stereocenters. The molecule has 266 valence electrons. The molecular weight excluding hydrogens is 617 g/mol. The topological polar surface area (TPSA) is 47.6 Å². The van der Waals surface area contributed by atoms with Crippen molar-refractivity contribution in [3.05, 3.63) is 142 Å². The second kappa shape index (κ2) is 20.6. The lowest BCUT2D eigenvalue weighted by molar-refractivity contribution is 0.310. The molecule has 0 radical (unpaired) electrons. The van der Waals surface area contributed by atoms with Crippen LogP contribution in [0.2, 0.25) is 0 Å². The van der Waals surface area contributed by atoms with Gasteiger partial charge in [-0.1, -0.05) is 99.5 Å². The third-order valence-corrected chi connectivity index (χ3v) is 11.8. The first kappa shape index (κ1) is 38.1. The summed E-state index contributed by atoms with van der Waals surface area (Å²) in [6.07, 6.45) is 21.9. The lowest BCUT2D eigenvalue weighted by atomic mass is 9.77. The molecule has 0 heterocycles. The molecule has 4 aromatic rings. The van der Waals surface area contributed by atoms with Gasteiger partial charge in [0.1, 0.15) is 0 Å². The van der Waals surface area contributed by atoms with E-state index in [1.165, 1.54) is 119 Å². The van der Waals surface area contributed by atoms with Gasteiger partial charge in [-0.2, -0.15) is 10.5 Å². The lowest BCUT2D eigenvalue weighted by Gasteiger charge is -2.29.